The number of fused-ring (bicyclic) bond motifs is 2. The minimum absolute atomic E-state index is 0.0458. The third-order valence-electron chi connectivity index (χ3n) is 6.79. The van der Waals surface area contributed by atoms with Crippen molar-refractivity contribution in [2.45, 2.75) is 12.0 Å². The van der Waals surface area contributed by atoms with Crippen LogP contribution in [0.3, 0.4) is 0 Å². The molecule has 5 aromatic rings. The third kappa shape index (κ3) is 4.00. The van der Waals surface area contributed by atoms with Gasteiger partial charge in [-0.1, -0.05) is 84.9 Å². The largest absolute Gasteiger partial charge is 0.378 e. The van der Waals surface area contributed by atoms with Crippen LogP contribution in [0.15, 0.2) is 115 Å². The first-order valence-corrected chi connectivity index (χ1v) is 11.7. The predicted octanol–water partition coefficient (Wildman–Crippen LogP) is 8.42. The Morgan fingerprint density at radius 3 is 2.06 bits per heavy atom. The Labute approximate surface area is 203 Å². The lowest BCUT2D eigenvalue weighted by molar-refractivity contribution is 0.625. The van der Waals surface area contributed by atoms with Gasteiger partial charge in [0.1, 0.15) is 11.6 Å². The summed E-state index contributed by atoms with van der Waals surface area (Å²) in [5, 5.41) is 5.97. The summed E-state index contributed by atoms with van der Waals surface area (Å²) >= 11 is 0. The summed E-state index contributed by atoms with van der Waals surface area (Å²) in [4.78, 5) is 0. The number of halogens is 2. The van der Waals surface area contributed by atoms with Crippen LogP contribution < -0.4 is 5.32 Å². The average Bonchev–Trinajstić information content (AvgIpc) is 2.90. The van der Waals surface area contributed by atoms with Crippen molar-refractivity contribution in [1.82, 2.24) is 0 Å². The second-order valence-corrected chi connectivity index (χ2v) is 8.90. The molecular weight excluding hydrogens is 436 g/mol. The van der Waals surface area contributed by atoms with E-state index in [4.69, 9.17) is 0 Å². The molecule has 6 rings (SSSR count). The van der Waals surface area contributed by atoms with Crippen molar-refractivity contribution >= 4 is 22.5 Å². The van der Waals surface area contributed by atoms with E-state index < -0.39 is 0 Å². The van der Waals surface area contributed by atoms with Crippen molar-refractivity contribution in [1.29, 1.82) is 0 Å². The minimum atomic E-state index is -0.269. The number of hydrogen-bond donors (Lipinski definition) is 1. The number of hydrogen-bond acceptors (Lipinski definition) is 1. The minimum Gasteiger partial charge on any atom is -0.378 e. The van der Waals surface area contributed by atoms with Crippen LogP contribution >= 0.6 is 0 Å². The summed E-state index contributed by atoms with van der Waals surface area (Å²) in [6.07, 6.45) is 4.34. The van der Waals surface area contributed by atoms with E-state index in [1.54, 1.807) is 12.1 Å². The molecule has 1 aliphatic rings. The van der Waals surface area contributed by atoms with Gasteiger partial charge in [0.2, 0.25) is 0 Å². The maximum absolute atomic E-state index is 13.8. The molecular formula is C32H23F2N. The fourth-order valence-electron chi connectivity index (χ4n) is 5.17. The predicted molar refractivity (Wildman–Crippen MR) is 140 cm³/mol. The van der Waals surface area contributed by atoms with Crippen LogP contribution in [0.25, 0.3) is 28.0 Å². The summed E-state index contributed by atoms with van der Waals surface area (Å²) in [5.74, 6) is -0.571. The summed E-state index contributed by atoms with van der Waals surface area (Å²) < 4.78 is 27.3. The Balaban J connectivity index is 1.50. The van der Waals surface area contributed by atoms with E-state index >= 15 is 0 Å². The molecule has 3 heteroatoms. The van der Waals surface area contributed by atoms with Gasteiger partial charge in [0.15, 0.2) is 0 Å². The molecule has 1 nitrogen and oxygen atoms in total. The van der Waals surface area contributed by atoms with Crippen LogP contribution in [0.1, 0.15) is 22.6 Å². The molecule has 0 spiro atoms. The molecule has 170 valence electrons. The molecule has 1 N–H and O–H groups in total. The van der Waals surface area contributed by atoms with Crippen molar-refractivity contribution in [3.8, 4) is 11.1 Å². The quantitative estimate of drug-likeness (QED) is 0.284. The van der Waals surface area contributed by atoms with Crippen molar-refractivity contribution in [3.05, 3.63) is 144 Å². The van der Waals surface area contributed by atoms with Crippen molar-refractivity contribution in [2.24, 2.45) is 0 Å². The summed E-state index contributed by atoms with van der Waals surface area (Å²) in [7, 11) is 0. The molecule has 1 unspecified atom stereocenters. The van der Waals surface area contributed by atoms with E-state index in [-0.39, 0.29) is 23.6 Å². The number of anilines is 1. The first-order valence-electron chi connectivity index (χ1n) is 11.7. The van der Waals surface area contributed by atoms with Gasteiger partial charge in [0, 0.05) is 11.6 Å². The van der Waals surface area contributed by atoms with E-state index in [0.29, 0.717) is 0 Å². The molecule has 35 heavy (non-hydrogen) atoms. The third-order valence-corrected chi connectivity index (χ3v) is 6.79. The van der Waals surface area contributed by atoms with Gasteiger partial charge < -0.3 is 5.32 Å². The molecule has 0 saturated heterocycles. The zero-order valence-electron chi connectivity index (χ0n) is 19.0. The summed E-state index contributed by atoms with van der Waals surface area (Å²) in [5.41, 5.74) is 6.54. The Bertz CT molecular complexity index is 1530. The first kappa shape index (κ1) is 21.3. The highest BCUT2D eigenvalue weighted by molar-refractivity contribution is 5.99. The molecule has 2 atom stereocenters. The van der Waals surface area contributed by atoms with Crippen LogP contribution in [0.4, 0.5) is 14.5 Å². The average molecular weight is 460 g/mol. The molecule has 5 aromatic carbocycles. The smallest absolute Gasteiger partial charge is 0.123 e. The maximum atomic E-state index is 13.8. The van der Waals surface area contributed by atoms with Crippen molar-refractivity contribution < 1.29 is 8.78 Å². The Morgan fingerprint density at radius 1 is 0.600 bits per heavy atom. The van der Waals surface area contributed by atoms with Gasteiger partial charge in [0.25, 0.3) is 0 Å². The van der Waals surface area contributed by atoms with Crippen LogP contribution in [-0.4, -0.2) is 6.04 Å². The molecule has 0 fully saturated rings. The van der Waals surface area contributed by atoms with E-state index in [0.717, 1.165) is 16.8 Å². The number of nitrogens with one attached hydrogen (secondary N) is 1. The first-order chi connectivity index (χ1) is 17.2. The normalized spacial score (nSPS) is 16.7. The zero-order valence-corrected chi connectivity index (χ0v) is 19.0. The van der Waals surface area contributed by atoms with Gasteiger partial charge in [-0.05, 0) is 75.0 Å². The SMILES string of the molecule is Fc1ccc(NC2C=Cc3c(-c4cccc5ccccc45)cccc3[C@H]2c2ccc(F)cc2)cc1. The van der Waals surface area contributed by atoms with Crippen LogP contribution in [0.2, 0.25) is 0 Å². The summed E-state index contributed by atoms with van der Waals surface area (Å²) in [6.45, 7) is 0. The van der Waals surface area contributed by atoms with Crippen LogP contribution in [0, 0.1) is 11.6 Å². The van der Waals surface area contributed by atoms with Crippen molar-refractivity contribution in [3.63, 3.8) is 0 Å². The van der Waals surface area contributed by atoms with E-state index in [2.05, 4.69) is 78.1 Å². The topological polar surface area (TPSA) is 12.0 Å². The van der Waals surface area contributed by atoms with Gasteiger partial charge in [-0.3, -0.25) is 0 Å². The molecule has 0 aliphatic heterocycles. The Morgan fingerprint density at radius 2 is 1.26 bits per heavy atom. The summed E-state index contributed by atoms with van der Waals surface area (Å²) in [6, 6.07) is 34.3. The molecule has 0 aromatic heterocycles. The zero-order chi connectivity index (χ0) is 23.8. The van der Waals surface area contributed by atoms with Gasteiger partial charge in [-0.15, -0.1) is 0 Å². The van der Waals surface area contributed by atoms with Gasteiger partial charge in [0.05, 0.1) is 6.04 Å². The molecule has 0 radical (unpaired) electrons. The van der Waals surface area contributed by atoms with Gasteiger partial charge in [-0.2, -0.15) is 0 Å². The fourth-order valence-corrected chi connectivity index (χ4v) is 5.17. The van der Waals surface area contributed by atoms with Crippen LogP contribution in [0.5, 0.6) is 0 Å². The van der Waals surface area contributed by atoms with E-state index in [1.165, 1.54) is 51.7 Å². The van der Waals surface area contributed by atoms with E-state index in [1.807, 2.05) is 12.1 Å². The lowest BCUT2D eigenvalue weighted by Gasteiger charge is -2.33. The van der Waals surface area contributed by atoms with Crippen LogP contribution in [-0.2, 0) is 0 Å². The Hall–Kier alpha value is -4.24. The monoisotopic (exact) mass is 459 g/mol. The molecule has 0 heterocycles. The molecule has 0 bridgehead atoms. The van der Waals surface area contributed by atoms with Crippen molar-refractivity contribution in [2.75, 3.05) is 5.32 Å². The highest BCUT2D eigenvalue weighted by atomic mass is 19.1. The van der Waals surface area contributed by atoms with Gasteiger partial charge >= 0.3 is 0 Å². The molecule has 0 saturated carbocycles. The lowest BCUT2D eigenvalue weighted by atomic mass is 9.76. The second kappa shape index (κ2) is 8.84. The number of benzene rings is 5. The standard InChI is InChI=1S/C32H23F2N/c33-23-13-11-22(12-14-23)32-30-10-4-9-28(27-8-3-6-21-5-1-2-7-26(21)27)29(30)19-20-31(32)35-25-17-15-24(34)16-18-25/h1-20,31-32,35H/t31?,32-/m1/s1. The van der Waals surface area contributed by atoms with E-state index in [9.17, 15) is 8.78 Å². The number of rotatable bonds is 4. The highest BCUT2D eigenvalue weighted by Gasteiger charge is 2.29. The highest BCUT2D eigenvalue weighted by Crippen LogP contribution is 2.42. The fraction of sp³-hybridized carbons (Fsp3) is 0.0625. The maximum Gasteiger partial charge on any atom is 0.123 e. The lowest BCUT2D eigenvalue weighted by Crippen LogP contribution is -2.29. The van der Waals surface area contributed by atoms with Gasteiger partial charge in [-0.25, -0.2) is 8.78 Å². The Kier molecular flexibility index (Phi) is 5.38. The molecule has 1 aliphatic carbocycles. The second-order valence-electron chi connectivity index (χ2n) is 8.90. The molecule has 0 amide bonds.